The van der Waals surface area contributed by atoms with Gasteiger partial charge < -0.3 is 10.4 Å². The molecule has 0 radical (unpaired) electrons. The largest absolute Gasteiger partial charge is 0.393 e. The van der Waals surface area contributed by atoms with Gasteiger partial charge in [0.05, 0.1) is 11.1 Å². The molecular weight excluding hydrogens is 355 g/mol. The molecular formula is C19H22ClFN4O. The van der Waals surface area contributed by atoms with E-state index in [0.717, 1.165) is 56.6 Å². The van der Waals surface area contributed by atoms with Gasteiger partial charge in [-0.2, -0.15) is 5.10 Å². The summed E-state index contributed by atoms with van der Waals surface area (Å²) in [6.45, 7) is 0.849. The maximum Gasteiger partial charge on any atom is 0.157 e. The lowest BCUT2D eigenvalue weighted by Crippen LogP contribution is -2.28. The summed E-state index contributed by atoms with van der Waals surface area (Å²) in [5, 5.41) is 19.4. The van der Waals surface area contributed by atoms with Crippen LogP contribution in [0.1, 0.15) is 38.5 Å². The number of hydrogen-bond donors (Lipinski definition) is 2. The summed E-state index contributed by atoms with van der Waals surface area (Å²) in [5.41, 5.74) is 3.08. The lowest BCUT2D eigenvalue weighted by molar-refractivity contribution is 0.108. The van der Waals surface area contributed by atoms with Crippen LogP contribution in [0.5, 0.6) is 0 Å². The fourth-order valence-electron chi connectivity index (χ4n) is 3.96. The molecule has 0 bridgehead atoms. The van der Waals surface area contributed by atoms with E-state index in [9.17, 15) is 9.50 Å². The van der Waals surface area contributed by atoms with Crippen LogP contribution < -0.4 is 5.32 Å². The van der Waals surface area contributed by atoms with Gasteiger partial charge in [-0.1, -0.05) is 11.6 Å². The van der Waals surface area contributed by atoms with Gasteiger partial charge in [0.15, 0.2) is 5.84 Å². The molecule has 3 aliphatic rings. The molecule has 0 atom stereocenters. The summed E-state index contributed by atoms with van der Waals surface area (Å²) in [5.74, 6) is 0.894. The molecule has 5 nitrogen and oxygen atoms in total. The highest BCUT2D eigenvalue weighted by Crippen LogP contribution is 2.36. The van der Waals surface area contributed by atoms with E-state index in [2.05, 4.69) is 15.4 Å². The molecule has 1 fully saturated rings. The van der Waals surface area contributed by atoms with E-state index in [1.807, 2.05) is 5.01 Å². The second-order valence-corrected chi connectivity index (χ2v) is 7.57. The first kappa shape index (κ1) is 17.5. The van der Waals surface area contributed by atoms with E-state index in [4.69, 9.17) is 11.6 Å². The van der Waals surface area contributed by atoms with Crippen molar-refractivity contribution in [2.75, 3.05) is 11.9 Å². The molecule has 0 aromatic heterocycles. The summed E-state index contributed by atoms with van der Waals surface area (Å²) < 4.78 is 13.4. The Balaban J connectivity index is 1.54. The standard InChI is InChI=1S/C19H22ClFN4O/c20-16-10-14(3-6-17(16)21)24-19-18-13(7-8-25(18)23-11-22-19)9-12-1-4-15(26)5-2-12/h3,6,10-12,15,26H,1-2,4-5,7-9H2,(H,22,23,24)/t12-,15+. The van der Waals surface area contributed by atoms with Crippen LogP contribution >= 0.6 is 11.6 Å². The zero-order chi connectivity index (χ0) is 18.1. The van der Waals surface area contributed by atoms with Crippen molar-refractivity contribution in [1.29, 1.82) is 0 Å². The van der Waals surface area contributed by atoms with Gasteiger partial charge >= 0.3 is 0 Å². The first-order chi connectivity index (χ1) is 12.6. The Labute approximate surface area is 157 Å². The van der Waals surface area contributed by atoms with Crippen molar-refractivity contribution in [3.8, 4) is 0 Å². The zero-order valence-electron chi connectivity index (χ0n) is 14.5. The molecule has 2 heterocycles. The van der Waals surface area contributed by atoms with Gasteiger partial charge in [-0.25, -0.2) is 9.38 Å². The van der Waals surface area contributed by atoms with Crippen molar-refractivity contribution >= 4 is 29.5 Å². The fourth-order valence-corrected chi connectivity index (χ4v) is 4.14. The average molecular weight is 377 g/mol. The Morgan fingerprint density at radius 2 is 2.08 bits per heavy atom. The Bertz CT molecular complexity index is 784. The Hall–Kier alpha value is -1.92. The number of nitrogens with one attached hydrogen (secondary N) is 1. The number of hydrogen-bond acceptors (Lipinski definition) is 5. The molecule has 2 N–H and O–H groups in total. The molecule has 2 aliphatic heterocycles. The summed E-state index contributed by atoms with van der Waals surface area (Å²) in [4.78, 5) is 4.41. The molecule has 7 heteroatoms. The van der Waals surface area contributed by atoms with E-state index in [1.54, 1.807) is 12.1 Å². The lowest BCUT2D eigenvalue weighted by atomic mass is 9.83. The van der Waals surface area contributed by atoms with E-state index < -0.39 is 5.82 Å². The highest BCUT2D eigenvalue weighted by Gasteiger charge is 2.30. The number of rotatable bonds is 3. The van der Waals surface area contributed by atoms with E-state index >= 15 is 0 Å². The number of aliphatic hydroxyl groups excluding tert-OH is 1. The Morgan fingerprint density at radius 1 is 1.27 bits per heavy atom. The van der Waals surface area contributed by atoms with Crippen molar-refractivity contribution in [3.63, 3.8) is 0 Å². The minimum absolute atomic E-state index is 0.0818. The van der Waals surface area contributed by atoms with Gasteiger partial charge in [0.25, 0.3) is 0 Å². The highest BCUT2D eigenvalue weighted by molar-refractivity contribution is 6.31. The topological polar surface area (TPSA) is 60.2 Å². The molecule has 0 amide bonds. The minimum atomic E-state index is -0.439. The van der Waals surface area contributed by atoms with Crippen LogP contribution in [0.25, 0.3) is 0 Å². The minimum Gasteiger partial charge on any atom is -0.393 e. The zero-order valence-corrected chi connectivity index (χ0v) is 15.2. The van der Waals surface area contributed by atoms with Crippen LogP contribution in [-0.2, 0) is 0 Å². The van der Waals surface area contributed by atoms with Gasteiger partial charge in [0, 0.05) is 12.2 Å². The van der Waals surface area contributed by atoms with Crippen LogP contribution in [0.4, 0.5) is 10.1 Å². The summed E-state index contributed by atoms with van der Waals surface area (Å²) in [6, 6.07) is 4.56. The molecule has 1 aromatic rings. The van der Waals surface area contributed by atoms with Gasteiger partial charge in [-0.15, -0.1) is 0 Å². The molecule has 0 saturated heterocycles. The van der Waals surface area contributed by atoms with Crippen molar-refractivity contribution in [3.05, 3.63) is 40.3 Å². The normalized spacial score (nSPS) is 25.3. The predicted octanol–water partition coefficient (Wildman–Crippen LogP) is 4.15. The maximum absolute atomic E-state index is 13.4. The number of halogens is 2. The quantitative estimate of drug-likeness (QED) is 0.833. The second-order valence-electron chi connectivity index (χ2n) is 7.17. The number of anilines is 1. The van der Waals surface area contributed by atoms with Crippen LogP contribution in [0.3, 0.4) is 0 Å². The summed E-state index contributed by atoms with van der Waals surface area (Å²) >= 11 is 5.89. The van der Waals surface area contributed by atoms with Crippen molar-refractivity contribution in [2.24, 2.45) is 16.0 Å². The predicted molar refractivity (Wildman–Crippen MR) is 102 cm³/mol. The van der Waals surface area contributed by atoms with Gasteiger partial charge in [-0.3, -0.25) is 5.01 Å². The molecule has 0 unspecified atom stereocenters. The number of hydrazone groups is 1. The Morgan fingerprint density at radius 3 is 2.85 bits per heavy atom. The van der Waals surface area contributed by atoms with Crippen molar-refractivity contribution in [1.82, 2.24) is 5.01 Å². The van der Waals surface area contributed by atoms with Gasteiger partial charge in [-0.05, 0) is 68.2 Å². The molecule has 26 heavy (non-hydrogen) atoms. The van der Waals surface area contributed by atoms with Crippen LogP contribution in [-0.4, -0.2) is 34.9 Å². The summed E-state index contributed by atoms with van der Waals surface area (Å²) in [7, 11) is 0. The first-order valence-corrected chi connectivity index (χ1v) is 9.48. The third kappa shape index (κ3) is 3.62. The smallest absolute Gasteiger partial charge is 0.157 e. The average Bonchev–Trinajstić information content (AvgIpc) is 3.04. The van der Waals surface area contributed by atoms with Crippen molar-refractivity contribution in [2.45, 2.75) is 44.6 Å². The van der Waals surface area contributed by atoms with Crippen molar-refractivity contribution < 1.29 is 9.50 Å². The monoisotopic (exact) mass is 376 g/mol. The number of fused-ring (bicyclic) bond motifs is 1. The third-order valence-electron chi connectivity index (χ3n) is 5.35. The Kier molecular flexibility index (Phi) is 4.96. The molecule has 138 valence electrons. The molecule has 1 aromatic carbocycles. The number of aliphatic imine (C=N–C) groups is 1. The molecule has 0 spiro atoms. The highest BCUT2D eigenvalue weighted by atomic mass is 35.5. The lowest BCUT2D eigenvalue weighted by Gasteiger charge is -2.27. The third-order valence-corrected chi connectivity index (χ3v) is 5.64. The van der Waals surface area contributed by atoms with E-state index in [-0.39, 0.29) is 11.1 Å². The number of benzene rings is 1. The number of aliphatic hydroxyl groups is 1. The summed E-state index contributed by atoms with van der Waals surface area (Å²) in [6.07, 6.45) is 7.30. The number of amidine groups is 1. The van der Waals surface area contributed by atoms with Crippen LogP contribution in [0.15, 0.2) is 39.6 Å². The number of nitrogens with zero attached hydrogens (tertiary/aromatic N) is 3. The SMILES string of the molecule is O[C@H]1CC[C@@H](CC2=C3C(Nc4ccc(F)c(Cl)c4)=NC=NN3CC2)CC1. The van der Waals surface area contributed by atoms with E-state index in [1.165, 1.54) is 18.0 Å². The van der Waals surface area contributed by atoms with E-state index in [0.29, 0.717) is 11.6 Å². The van der Waals surface area contributed by atoms with Gasteiger partial charge in [0.1, 0.15) is 17.9 Å². The molecule has 1 aliphatic carbocycles. The molecule has 1 saturated carbocycles. The second kappa shape index (κ2) is 7.37. The van der Waals surface area contributed by atoms with Gasteiger partial charge in [0.2, 0.25) is 0 Å². The molecule has 4 rings (SSSR count). The fraction of sp³-hybridized carbons (Fsp3) is 0.474. The van der Waals surface area contributed by atoms with Crippen LogP contribution in [0, 0.1) is 11.7 Å². The first-order valence-electron chi connectivity index (χ1n) is 9.10. The van der Waals surface area contributed by atoms with Crippen LogP contribution in [0.2, 0.25) is 5.02 Å². The maximum atomic E-state index is 13.4.